The molecule has 3 aromatic rings. The van der Waals surface area contributed by atoms with Gasteiger partial charge in [0, 0.05) is 24.7 Å². The Morgan fingerprint density at radius 3 is 2.55 bits per heavy atom. The molecule has 0 bridgehead atoms. The van der Waals surface area contributed by atoms with E-state index in [2.05, 4.69) is 34.4 Å². The second kappa shape index (κ2) is 8.55. The van der Waals surface area contributed by atoms with E-state index in [0.717, 1.165) is 19.5 Å². The first kappa shape index (κ1) is 20.5. The molecule has 1 fully saturated rings. The van der Waals surface area contributed by atoms with E-state index in [1.54, 1.807) is 47.4 Å². The molecule has 1 aliphatic rings. The topological polar surface area (TPSA) is 106 Å². The number of nitro groups is 1. The van der Waals surface area contributed by atoms with Gasteiger partial charge in [0.05, 0.1) is 28.7 Å². The number of nitrogens with zero attached hydrogens (tertiary/aromatic N) is 5. The van der Waals surface area contributed by atoms with Gasteiger partial charge in [-0.05, 0) is 42.5 Å². The van der Waals surface area contributed by atoms with Crippen molar-refractivity contribution in [3.63, 3.8) is 0 Å². The molecule has 1 saturated heterocycles. The first-order chi connectivity index (χ1) is 14.9. The van der Waals surface area contributed by atoms with E-state index in [9.17, 15) is 14.9 Å². The molecule has 160 valence electrons. The number of nitro benzene ring substituents is 1. The smallest absolute Gasteiger partial charge is 0.293 e. The molecule has 1 amide bonds. The Hall–Kier alpha value is -3.75. The van der Waals surface area contributed by atoms with Crippen molar-refractivity contribution >= 4 is 23.0 Å². The summed E-state index contributed by atoms with van der Waals surface area (Å²) in [7, 11) is 0. The van der Waals surface area contributed by atoms with E-state index in [0.29, 0.717) is 28.9 Å². The van der Waals surface area contributed by atoms with Crippen LogP contribution in [0.3, 0.4) is 0 Å². The fourth-order valence-corrected chi connectivity index (χ4v) is 4.25. The number of rotatable bonds is 5. The molecule has 4 rings (SSSR count). The second-order valence-electron chi connectivity index (χ2n) is 8.13. The highest BCUT2D eigenvalue weighted by molar-refractivity contribution is 6.06. The third kappa shape index (κ3) is 4.40. The predicted octanol–water partition coefficient (Wildman–Crippen LogP) is 3.91. The van der Waals surface area contributed by atoms with Crippen LogP contribution in [0.4, 0.5) is 17.1 Å². The quantitative estimate of drug-likeness (QED) is 0.495. The molecule has 9 heteroatoms. The highest BCUT2D eigenvalue weighted by Gasteiger charge is 2.28. The number of carbonyl (C=O) groups excluding carboxylic acids is 1. The Morgan fingerprint density at radius 2 is 1.87 bits per heavy atom. The number of piperidine rings is 1. The Kier molecular flexibility index (Phi) is 5.66. The van der Waals surface area contributed by atoms with Gasteiger partial charge in [-0.3, -0.25) is 14.9 Å². The van der Waals surface area contributed by atoms with E-state index in [-0.39, 0.29) is 11.3 Å². The summed E-state index contributed by atoms with van der Waals surface area (Å²) in [5.41, 5.74) is 1.91. The third-order valence-corrected chi connectivity index (χ3v) is 5.47. The predicted molar refractivity (Wildman–Crippen MR) is 118 cm³/mol. The van der Waals surface area contributed by atoms with Crippen molar-refractivity contribution in [3.8, 4) is 5.69 Å². The summed E-state index contributed by atoms with van der Waals surface area (Å²) in [5, 5.41) is 22.4. The lowest BCUT2D eigenvalue weighted by atomic mass is 9.91. The van der Waals surface area contributed by atoms with Crippen LogP contribution >= 0.6 is 0 Å². The van der Waals surface area contributed by atoms with Crippen molar-refractivity contribution in [1.82, 2.24) is 15.0 Å². The number of carbonyl (C=O) groups is 1. The number of hydrogen-bond acceptors (Lipinski definition) is 6. The Morgan fingerprint density at radius 1 is 1.13 bits per heavy atom. The Labute approximate surface area is 179 Å². The van der Waals surface area contributed by atoms with Gasteiger partial charge in [-0.15, -0.1) is 5.10 Å². The maximum Gasteiger partial charge on any atom is 0.293 e. The van der Waals surface area contributed by atoms with E-state index in [1.165, 1.54) is 6.07 Å². The van der Waals surface area contributed by atoms with Gasteiger partial charge in [-0.25, -0.2) is 4.68 Å². The summed E-state index contributed by atoms with van der Waals surface area (Å²) in [6, 6.07) is 11.8. The third-order valence-electron chi connectivity index (χ3n) is 5.47. The van der Waals surface area contributed by atoms with Gasteiger partial charge in [0.1, 0.15) is 5.69 Å². The van der Waals surface area contributed by atoms with Crippen LogP contribution in [0.15, 0.2) is 54.9 Å². The van der Waals surface area contributed by atoms with Gasteiger partial charge in [0.2, 0.25) is 0 Å². The first-order valence-corrected chi connectivity index (χ1v) is 10.2. The normalized spacial score (nSPS) is 18.6. The molecule has 9 nitrogen and oxygen atoms in total. The lowest BCUT2D eigenvalue weighted by Gasteiger charge is -2.36. The van der Waals surface area contributed by atoms with E-state index < -0.39 is 10.8 Å². The average molecular weight is 420 g/mol. The number of aromatic nitrogens is 3. The van der Waals surface area contributed by atoms with Gasteiger partial charge in [0.25, 0.3) is 11.6 Å². The highest BCUT2D eigenvalue weighted by atomic mass is 16.6. The highest BCUT2D eigenvalue weighted by Crippen LogP contribution is 2.34. The minimum Gasteiger partial charge on any atom is -0.365 e. The fraction of sp³-hybridized carbons (Fsp3) is 0.318. The molecular formula is C22H24N6O3. The monoisotopic (exact) mass is 420 g/mol. The Balaban J connectivity index is 1.62. The molecule has 0 radical (unpaired) electrons. The number of benzene rings is 2. The second-order valence-corrected chi connectivity index (χ2v) is 8.13. The summed E-state index contributed by atoms with van der Waals surface area (Å²) < 4.78 is 1.54. The van der Waals surface area contributed by atoms with Crippen LogP contribution in [0, 0.1) is 22.0 Å². The molecule has 31 heavy (non-hydrogen) atoms. The van der Waals surface area contributed by atoms with Crippen molar-refractivity contribution in [3.05, 3.63) is 70.5 Å². The molecule has 1 aliphatic heterocycles. The summed E-state index contributed by atoms with van der Waals surface area (Å²) in [6.07, 6.45) is 4.32. The van der Waals surface area contributed by atoms with Crippen molar-refractivity contribution in [2.24, 2.45) is 11.8 Å². The van der Waals surface area contributed by atoms with Gasteiger partial charge < -0.3 is 10.2 Å². The van der Waals surface area contributed by atoms with Crippen LogP contribution in [0.25, 0.3) is 5.69 Å². The molecule has 1 N–H and O–H groups in total. The van der Waals surface area contributed by atoms with Gasteiger partial charge in [0.15, 0.2) is 0 Å². The van der Waals surface area contributed by atoms with Gasteiger partial charge in [-0.2, -0.15) is 0 Å². The maximum atomic E-state index is 12.9. The van der Waals surface area contributed by atoms with E-state index in [4.69, 9.17) is 0 Å². The zero-order chi connectivity index (χ0) is 22.0. The van der Waals surface area contributed by atoms with Gasteiger partial charge in [-0.1, -0.05) is 31.2 Å². The minimum absolute atomic E-state index is 0.0569. The standard InChI is InChI=1S/C22H24N6O3/c1-15-11-16(2)14-26(13-15)20-8-7-17(12-21(20)28(30)31)22(29)24-18-5-3-4-6-19(18)27-10-9-23-25-27/h3-10,12,15-16H,11,13-14H2,1-2H3,(H,24,29). The molecule has 0 spiro atoms. The molecule has 2 atom stereocenters. The first-order valence-electron chi connectivity index (χ1n) is 10.2. The average Bonchev–Trinajstić information content (AvgIpc) is 3.27. The van der Waals surface area contributed by atoms with Gasteiger partial charge >= 0.3 is 0 Å². The van der Waals surface area contributed by atoms with E-state index >= 15 is 0 Å². The largest absolute Gasteiger partial charge is 0.365 e. The molecule has 2 heterocycles. The summed E-state index contributed by atoms with van der Waals surface area (Å²) in [6.45, 7) is 5.84. The number of nitrogens with one attached hydrogen (secondary N) is 1. The van der Waals surface area contributed by atoms with Crippen molar-refractivity contribution in [1.29, 1.82) is 0 Å². The lowest BCUT2D eigenvalue weighted by Crippen LogP contribution is -2.39. The summed E-state index contributed by atoms with van der Waals surface area (Å²) in [4.78, 5) is 26.3. The fourth-order valence-electron chi connectivity index (χ4n) is 4.25. The zero-order valence-electron chi connectivity index (χ0n) is 17.4. The van der Waals surface area contributed by atoms with Crippen LogP contribution in [0.1, 0.15) is 30.6 Å². The SMILES string of the molecule is CC1CC(C)CN(c2ccc(C(=O)Nc3ccccc3-n3ccnn3)cc2[N+](=O)[O-])C1. The minimum atomic E-state index is -0.428. The molecule has 2 aromatic carbocycles. The lowest BCUT2D eigenvalue weighted by molar-refractivity contribution is -0.384. The van der Waals surface area contributed by atoms with Crippen molar-refractivity contribution in [2.45, 2.75) is 20.3 Å². The molecular weight excluding hydrogens is 396 g/mol. The molecule has 1 aromatic heterocycles. The number of hydrogen-bond donors (Lipinski definition) is 1. The number of para-hydroxylation sites is 2. The van der Waals surface area contributed by atoms with E-state index in [1.807, 2.05) is 6.07 Å². The van der Waals surface area contributed by atoms with Crippen molar-refractivity contribution in [2.75, 3.05) is 23.3 Å². The Bertz CT molecular complexity index is 1090. The molecule has 0 aliphatic carbocycles. The number of amides is 1. The van der Waals surface area contributed by atoms with Crippen LogP contribution in [0.2, 0.25) is 0 Å². The van der Waals surface area contributed by atoms with Crippen molar-refractivity contribution < 1.29 is 9.72 Å². The zero-order valence-corrected chi connectivity index (χ0v) is 17.4. The van der Waals surface area contributed by atoms with Crippen LogP contribution < -0.4 is 10.2 Å². The van der Waals surface area contributed by atoms with Crippen LogP contribution in [0.5, 0.6) is 0 Å². The maximum absolute atomic E-state index is 12.9. The molecule has 0 saturated carbocycles. The van der Waals surface area contributed by atoms with Crippen LogP contribution in [-0.2, 0) is 0 Å². The summed E-state index contributed by atoms with van der Waals surface area (Å²) >= 11 is 0. The summed E-state index contributed by atoms with van der Waals surface area (Å²) in [5.74, 6) is 0.488. The van der Waals surface area contributed by atoms with Crippen LogP contribution in [-0.4, -0.2) is 38.9 Å². The number of anilines is 2. The molecule has 2 unspecified atom stereocenters.